The van der Waals surface area contributed by atoms with Crippen LogP contribution in [0.15, 0.2) is 30.3 Å². The standard InChI is InChI=1S/C22H32N2O3S/c1-21(2,3)27-20(26)23-11-9-22(10-12-23,18-7-5-4-6-8-18)16-24-14-17(15-28)13-19(24)25/h4-8,17,28H,9-16H2,1-3H3. The zero-order chi connectivity index (χ0) is 20.4. The Morgan fingerprint density at radius 3 is 2.39 bits per heavy atom. The van der Waals surface area contributed by atoms with Gasteiger partial charge < -0.3 is 14.5 Å². The van der Waals surface area contributed by atoms with Crippen LogP contribution in [0.4, 0.5) is 4.79 Å². The number of piperidine rings is 1. The smallest absolute Gasteiger partial charge is 0.410 e. The summed E-state index contributed by atoms with van der Waals surface area (Å²) >= 11 is 4.38. The van der Waals surface area contributed by atoms with E-state index >= 15 is 0 Å². The number of benzene rings is 1. The van der Waals surface area contributed by atoms with Crippen LogP contribution in [0.1, 0.15) is 45.6 Å². The molecule has 6 heteroatoms. The van der Waals surface area contributed by atoms with Crippen molar-refractivity contribution in [3.8, 4) is 0 Å². The molecule has 154 valence electrons. The normalized spacial score (nSPS) is 22.4. The summed E-state index contributed by atoms with van der Waals surface area (Å²) in [4.78, 5) is 28.8. The lowest BCUT2D eigenvalue weighted by molar-refractivity contribution is -0.128. The van der Waals surface area contributed by atoms with Crippen molar-refractivity contribution < 1.29 is 14.3 Å². The van der Waals surface area contributed by atoms with E-state index in [2.05, 4.69) is 36.9 Å². The number of rotatable bonds is 4. The van der Waals surface area contributed by atoms with Crippen molar-refractivity contribution in [1.82, 2.24) is 9.80 Å². The lowest BCUT2D eigenvalue weighted by atomic mass is 9.72. The molecule has 0 aliphatic carbocycles. The summed E-state index contributed by atoms with van der Waals surface area (Å²) in [7, 11) is 0. The van der Waals surface area contributed by atoms with Crippen molar-refractivity contribution in [2.75, 3.05) is 31.9 Å². The van der Waals surface area contributed by atoms with Gasteiger partial charge in [0.05, 0.1) is 0 Å². The zero-order valence-corrected chi connectivity index (χ0v) is 18.1. The third-order valence-corrected chi connectivity index (χ3v) is 6.32. The van der Waals surface area contributed by atoms with Crippen LogP contribution in [-0.2, 0) is 14.9 Å². The topological polar surface area (TPSA) is 49.9 Å². The second kappa shape index (κ2) is 8.36. The van der Waals surface area contributed by atoms with Gasteiger partial charge in [-0.05, 0) is 50.8 Å². The highest BCUT2D eigenvalue weighted by Crippen LogP contribution is 2.38. The molecular formula is C22H32N2O3S. The Morgan fingerprint density at radius 2 is 1.86 bits per heavy atom. The van der Waals surface area contributed by atoms with E-state index in [0.29, 0.717) is 32.0 Å². The Hall–Kier alpha value is -1.69. The minimum atomic E-state index is -0.491. The number of nitrogens with zero attached hydrogens (tertiary/aromatic N) is 2. The van der Waals surface area contributed by atoms with Gasteiger partial charge in [0, 0.05) is 38.0 Å². The highest BCUT2D eigenvalue weighted by atomic mass is 32.1. The summed E-state index contributed by atoms with van der Waals surface area (Å²) < 4.78 is 5.54. The van der Waals surface area contributed by atoms with Crippen LogP contribution in [0.2, 0.25) is 0 Å². The zero-order valence-electron chi connectivity index (χ0n) is 17.2. The van der Waals surface area contributed by atoms with Gasteiger partial charge in [0.2, 0.25) is 5.91 Å². The maximum Gasteiger partial charge on any atom is 0.410 e. The maximum atomic E-state index is 12.5. The molecule has 28 heavy (non-hydrogen) atoms. The number of carbonyl (C=O) groups excluding carboxylic acids is 2. The Labute approximate surface area is 173 Å². The van der Waals surface area contributed by atoms with Gasteiger partial charge in [0.1, 0.15) is 5.60 Å². The first-order chi connectivity index (χ1) is 13.2. The summed E-state index contributed by atoms with van der Waals surface area (Å²) in [5.74, 6) is 1.31. The molecule has 2 amide bonds. The van der Waals surface area contributed by atoms with Gasteiger partial charge in [0.15, 0.2) is 0 Å². The van der Waals surface area contributed by atoms with Crippen LogP contribution >= 0.6 is 12.6 Å². The van der Waals surface area contributed by atoms with Gasteiger partial charge in [-0.2, -0.15) is 12.6 Å². The summed E-state index contributed by atoms with van der Waals surface area (Å²) in [5.41, 5.74) is 0.636. The van der Waals surface area contributed by atoms with Crippen LogP contribution in [0.5, 0.6) is 0 Å². The van der Waals surface area contributed by atoms with Crippen molar-refractivity contribution in [2.24, 2.45) is 5.92 Å². The number of amides is 2. The lowest BCUT2D eigenvalue weighted by Crippen LogP contribution is -2.51. The Balaban J connectivity index is 1.75. The molecule has 2 aliphatic rings. The fourth-order valence-electron chi connectivity index (χ4n) is 4.27. The monoisotopic (exact) mass is 404 g/mol. The third-order valence-electron chi connectivity index (χ3n) is 5.80. The molecule has 0 radical (unpaired) electrons. The average molecular weight is 405 g/mol. The fraction of sp³-hybridized carbons (Fsp3) is 0.636. The molecule has 0 spiro atoms. The molecule has 2 fully saturated rings. The van der Waals surface area contributed by atoms with Gasteiger partial charge >= 0.3 is 6.09 Å². The number of carbonyl (C=O) groups is 2. The van der Waals surface area contributed by atoms with E-state index in [4.69, 9.17) is 4.74 Å². The summed E-state index contributed by atoms with van der Waals surface area (Å²) in [5, 5.41) is 0. The lowest BCUT2D eigenvalue weighted by Gasteiger charge is -2.44. The highest BCUT2D eigenvalue weighted by Gasteiger charge is 2.42. The molecule has 1 atom stereocenters. The molecule has 2 heterocycles. The van der Waals surface area contributed by atoms with Crippen LogP contribution in [0.25, 0.3) is 0 Å². The quantitative estimate of drug-likeness (QED) is 0.778. The first kappa shape index (κ1) is 21.0. The Bertz CT molecular complexity index is 693. The molecule has 3 rings (SSSR count). The molecule has 5 nitrogen and oxygen atoms in total. The van der Waals surface area contributed by atoms with Crippen molar-refractivity contribution in [1.29, 1.82) is 0 Å². The molecule has 0 saturated carbocycles. The molecule has 2 saturated heterocycles. The third kappa shape index (κ3) is 4.83. The van der Waals surface area contributed by atoms with Crippen molar-refractivity contribution in [3.63, 3.8) is 0 Å². The van der Waals surface area contributed by atoms with Gasteiger partial charge in [-0.25, -0.2) is 4.79 Å². The first-order valence-corrected chi connectivity index (χ1v) is 10.8. The minimum Gasteiger partial charge on any atom is -0.444 e. The summed E-state index contributed by atoms with van der Waals surface area (Å²) in [6.07, 6.45) is 2.00. The average Bonchev–Trinajstić information content (AvgIpc) is 3.01. The van der Waals surface area contributed by atoms with Crippen molar-refractivity contribution in [3.05, 3.63) is 35.9 Å². The molecular weight excluding hydrogens is 372 g/mol. The summed E-state index contributed by atoms with van der Waals surface area (Å²) in [6.45, 7) is 8.44. The van der Waals surface area contributed by atoms with Crippen LogP contribution in [-0.4, -0.2) is 59.3 Å². The molecule has 0 bridgehead atoms. The Morgan fingerprint density at radius 1 is 1.21 bits per heavy atom. The van der Waals surface area contributed by atoms with E-state index in [9.17, 15) is 9.59 Å². The molecule has 0 aromatic heterocycles. The van der Waals surface area contributed by atoms with Gasteiger partial charge in [-0.3, -0.25) is 4.79 Å². The Kier molecular flexibility index (Phi) is 6.28. The van der Waals surface area contributed by atoms with E-state index < -0.39 is 5.60 Å². The SMILES string of the molecule is CC(C)(C)OC(=O)N1CCC(CN2CC(CS)CC2=O)(c2ccccc2)CC1. The molecule has 1 aromatic carbocycles. The number of thiol groups is 1. The first-order valence-electron chi connectivity index (χ1n) is 10.1. The second-order valence-electron chi connectivity index (χ2n) is 9.14. The number of ether oxygens (including phenoxy) is 1. The van der Waals surface area contributed by atoms with E-state index in [1.807, 2.05) is 31.7 Å². The number of hydrogen-bond acceptors (Lipinski definition) is 4. The highest BCUT2D eigenvalue weighted by molar-refractivity contribution is 7.80. The fourth-order valence-corrected chi connectivity index (χ4v) is 4.51. The predicted molar refractivity (Wildman–Crippen MR) is 114 cm³/mol. The summed E-state index contributed by atoms with van der Waals surface area (Å²) in [6, 6.07) is 10.4. The van der Waals surface area contributed by atoms with E-state index in [0.717, 1.165) is 25.1 Å². The van der Waals surface area contributed by atoms with Crippen molar-refractivity contribution >= 4 is 24.6 Å². The largest absolute Gasteiger partial charge is 0.444 e. The van der Waals surface area contributed by atoms with Crippen LogP contribution in [0, 0.1) is 5.92 Å². The molecule has 1 unspecified atom stereocenters. The minimum absolute atomic E-state index is 0.124. The second-order valence-corrected chi connectivity index (χ2v) is 9.51. The van der Waals surface area contributed by atoms with Gasteiger partial charge in [-0.1, -0.05) is 30.3 Å². The van der Waals surface area contributed by atoms with E-state index in [-0.39, 0.29) is 17.4 Å². The van der Waals surface area contributed by atoms with E-state index in [1.54, 1.807) is 4.90 Å². The number of likely N-dealkylation sites (tertiary alicyclic amines) is 2. The van der Waals surface area contributed by atoms with Crippen molar-refractivity contribution in [2.45, 2.75) is 51.0 Å². The maximum absolute atomic E-state index is 12.5. The van der Waals surface area contributed by atoms with Crippen LogP contribution < -0.4 is 0 Å². The number of hydrogen-bond donors (Lipinski definition) is 1. The van der Waals surface area contributed by atoms with Gasteiger partial charge in [0.25, 0.3) is 0 Å². The predicted octanol–water partition coefficient (Wildman–Crippen LogP) is 3.73. The van der Waals surface area contributed by atoms with E-state index in [1.165, 1.54) is 5.56 Å². The molecule has 0 N–H and O–H groups in total. The molecule has 2 aliphatic heterocycles. The van der Waals surface area contributed by atoms with Crippen LogP contribution in [0.3, 0.4) is 0 Å². The van der Waals surface area contributed by atoms with Gasteiger partial charge in [-0.15, -0.1) is 0 Å². The molecule has 1 aromatic rings.